The fraction of sp³-hybridized carbons (Fsp3) is 0.407. The molecule has 0 radical (unpaired) electrons. The van der Waals surface area contributed by atoms with Crippen LogP contribution in [-0.4, -0.2) is 170 Å². The number of phenolic OH excluding ortho intramolecular Hbond substituents is 1. The van der Waals surface area contributed by atoms with Crippen LogP contribution in [-0.2, 0) is 67.2 Å². The van der Waals surface area contributed by atoms with Gasteiger partial charge in [0.15, 0.2) is 6.04 Å². The number of amides is 9. The maximum Gasteiger partial charge on any atom is 0.328 e. The predicted molar refractivity (Wildman–Crippen MR) is 300 cm³/mol. The Morgan fingerprint density at radius 3 is 2.02 bits per heavy atom. The van der Waals surface area contributed by atoms with Gasteiger partial charge in [-0.3, -0.25) is 43.2 Å². The molecule has 1 aliphatic rings. The molecule has 3 aromatic carbocycles. The molecule has 0 unspecified atom stereocenters. The Hall–Kier alpha value is -8.16. The van der Waals surface area contributed by atoms with E-state index in [0.29, 0.717) is 34.0 Å². The Balaban J connectivity index is 1.62. The first-order valence-electron chi connectivity index (χ1n) is 25.7. The van der Waals surface area contributed by atoms with Gasteiger partial charge in [0.2, 0.25) is 47.3 Å². The second-order valence-electron chi connectivity index (χ2n) is 19.0. The highest BCUT2D eigenvalue weighted by Gasteiger charge is 2.37. The third-order valence-corrected chi connectivity index (χ3v) is 15.1. The van der Waals surface area contributed by atoms with Crippen molar-refractivity contribution in [2.45, 2.75) is 113 Å². The average molecular weight is 1160 g/mol. The van der Waals surface area contributed by atoms with Gasteiger partial charge in [0.05, 0.1) is 18.8 Å². The van der Waals surface area contributed by atoms with Gasteiger partial charge < -0.3 is 79.0 Å². The van der Waals surface area contributed by atoms with E-state index in [-0.39, 0.29) is 50.2 Å². The maximum absolute atomic E-state index is 14.9. The lowest BCUT2D eigenvalue weighted by Gasteiger charge is -2.29. The molecule has 0 aliphatic carbocycles. The number of carboxylic acid groups (broad SMARTS) is 1. The number of carboxylic acids is 1. The topological polar surface area (TPSA) is 402 Å². The van der Waals surface area contributed by atoms with Crippen molar-refractivity contribution >= 4 is 91.6 Å². The first-order chi connectivity index (χ1) is 38.7. The highest BCUT2D eigenvalue weighted by atomic mass is 33.1. The largest absolute Gasteiger partial charge is 0.508 e. The summed E-state index contributed by atoms with van der Waals surface area (Å²) in [5.74, 6) is -9.36. The summed E-state index contributed by atoms with van der Waals surface area (Å²) in [6, 6.07) is 8.44. The number of aliphatic hydroxyl groups excluding tert-OH is 2. The molecule has 9 amide bonds. The van der Waals surface area contributed by atoms with E-state index < -0.39 is 132 Å². The Bertz CT molecular complexity index is 2900. The summed E-state index contributed by atoms with van der Waals surface area (Å²) < 4.78 is 0. The molecule has 0 spiro atoms. The quantitative estimate of drug-likeness (QED) is 0.0256. The Kier molecular flexibility index (Phi) is 24.8. The van der Waals surface area contributed by atoms with Crippen molar-refractivity contribution in [3.8, 4) is 18.1 Å². The summed E-state index contributed by atoms with van der Waals surface area (Å²) in [5, 5.41) is 64.5. The Morgan fingerprint density at radius 1 is 0.741 bits per heavy atom. The maximum atomic E-state index is 14.9. The number of aliphatic carboxylic acids is 1. The third kappa shape index (κ3) is 19.9. The molecule has 2 heterocycles. The second-order valence-corrected chi connectivity index (χ2v) is 21.6. The number of aromatic hydroxyl groups is 1. The average Bonchev–Trinajstić information content (AvgIpc) is 3.85. The summed E-state index contributed by atoms with van der Waals surface area (Å²) in [6.45, 7) is 1.86. The Morgan fingerprint density at radius 2 is 1.37 bits per heavy atom. The van der Waals surface area contributed by atoms with Crippen molar-refractivity contribution in [2.75, 3.05) is 24.6 Å². The molecule has 0 bridgehead atoms. The van der Waals surface area contributed by atoms with Gasteiger partial charge in [-0.25, -0.2) is 4.79 Å². The van der Waals surface area contributed by atoms with Gasteiger partial charge in [-0.1, -0.05) is 82.3 Å². The number of benzene rings is 3. The lowest BCUT2D eigenvalue weighted by molar-refractivity contribution is -0.145. The standard InChI is InChI=1S/C54H67N11O14S2/c1-4-43(69)57-26-44(70)58-38(22-31-12-6-5-7-13-31)48(72)62-41-27-80-81-28-42(52(76)65-46(30(3)67)54(78)79)63-53(77)45(29(2)66)64-47(71)37(16-10-11-21-55)59-50(74)40(24-33-25-56-36-15-9-8-14-35(33)36)61-49(73)39(60-51(41)75)23-32-17-19-34(68)20-18-32/h1,5-9,12-15,17-20,25,29-30,37-42,45-46,56,66-68H,10-11,16,21-24,26-28,55H2,2-3H3,(H,57,69)(H,58,70)(H,59,74)(H,60,75)(H,61,73)(H,62,72)(H,63,77)(H,64,71)(H,65,76)(H,78,79)/t29-,30-,37+,38-,39+,40-,41+,42+,45+,46+/m1/s1. The molecular formula is C54H67N11O14S2. The molecule has 1 aromatic heterocycles. The minimum Gasteiger partial charge on any atom is -0.508 e. The van der Waals surface area contributed by atoms with Gasteiger partial charge in [0.1, 0.15) is 48.0 Å². The molecule has 25 nitrogen and oxygen atoms in total. The summed E-state index contributed by atoms with van der Waals surface area (Å²) >= 11 is 0. The van der Waals surface area contributed by atoms with Crippen molar-refractivity contribution in [3.63, 3.8) is 0 Å². The van der Waals surface area contributed by atoms with E-state index in [4.69, 9.17) is 12.2 Å². The summed E-state index contributed by atoms with van der Waals surface area (Å²) in [5.41, 5.74) is 8.03. The van der Waals surface area contributed by atoms with Crippen molar-refractivity contribution in [1.82, 2.24) is 52.8 Å². The van der Waals surface area contributed by atoms with Crippen molar-refractivity contribution < 1.29 is 68.4 Å². The lowest BCUT2D eigenvalue weighted by Crippen LogP contribution is -2.62. The molecule has 1 fully saturated rings. The zero-order valence-electron chi connectivity index (χ0n) is 44.3. The number of terminal acetylenes is 1. The van der Waals surface area contributed by atoms with E-state index in [1.807, 2.05) is 5.92 Å². The van der Waals surface area contributed by atoms with Crippen LogP contribution in [0.25, 0.3) is 10.9 Å². The number of phenols is 1. The monoisotopic (exact) mass is 1160 g/mol. The van der Waals surface area contributed by atoms with E-state index in [9.17, 15) is 68.4 Å². The first-order valence-corrected chi connectivity index (χ1v) is 28.2. The van der Waals surface area contributed by atoms with Crippen LogP contribution in [0.5, 0.6) is 5.75 Å². The number of hydrogen-bond acceptors (Lipinski definition) is 16. The van der Waals surface area contributed by atoms with Crippen LogP contribution in [0, 0.1) is 12.3 Å². The van der Waals surface area contributed by atoms with Gasteiger partial charge in [-0.2, -0.15) is 0 Å². The molecule has 5 rings (SSSR count). The Labute approximate surface area is 474 Å². The van der Waals surface area contributed by atoms with Gasteiger partial charge in [-0.05, 0) is 80.5 Å². The van der Waals surface area contributed by atoms with Crippen molar-refractivity contribution in [3.05, 3.63) is 102 Å². The minimum absolute atomic E-state index is 0.0592. The number of carbonyl (C=O) groups excluding carboxylic acids is 9. The molecule has 0 saturated carbocycles. The highest BCUT2D eigenvalue weighted by molar-refractivity contribution is 8.76. The van der Waals surface area contributed by atoms with Crippen molar-refractivity contribution in [2.24, 2.45) is 5.73 Å². The summed E-state index contributed by atoms with van der Waals surface area (Å²) in [6.07, 6.45) is 3.51. The molecular weight excluding hydrogens is 1090 g/mol. The van der Waals surface area contributed by atoms with Crippen LogP contribution in [0.3, 0.4) is 0 Å². The van der Waals surface area contributed by atoms with Crippen LogP contribution < -0.4 is 53.6 Å². The zero-order valence-corrected chi connectivity index (χ0v) is 45.9. The number of aromatic nitrogens is 1. The van der Waals surface area contributed by atoms with E-state index >= 15 is 0 Å². The normalized spacial score (nSPS) is 21.1. The number of carbonyl (C=O) groups is 10. The molecule has 1 aliphatic heterocycles. The van der Waals surface area contributed by atoms with Crippen LogP contribution >= 0.6 is 21.6 Å². The zero-order chi connectivity index (χ0) is 59.2. The summed E-state index contributed by atoms with van der Waals surface area (Å²) in [7, 11) is 1.70. The minimum atomic E-state index is -1.87. The smallest absolute Gasteiger partial charge is 0.328 e. The molecule has 1 saturated heterocycles. The van der Waals surface area contributed by atoms with Crippen molar-refractivity contribution in [1.29, 1.82) is 0 Å². The van der Waals surface area contributed by atoms with E-state index in [1.54, 1.807) is 60.8 Å². The van der Waals surface area contributed by atoms with Gasteiger partial charge in [0, 0.05) is 47.9 Å². The number of rotatable bonds is 20. The van der Waals surface area contributed by atoms with Gasteiger partial charge in [0.25, 0.3) is 5.91 Å². The number of unbranched alkanes of at least 4 members (excludes halogenated alkanes) is 1. The molecule has 4 aromatic rings. The number of aliphatic hydroxyl groups is 2. The number of fused-ring (bicyclic) bond motifs is 1. The fourth-order valence-electron chi connectivity index (χ4n) is 8.33. The molecule has 27 heteroatoms. The first kappa shape index (κ1) is 63.7. The van der Waals surface area contributed by atoms with Crippen LogP contribution in [0.15, 0.2) is 85.1 Å². The van der Waals surface area contributed by atoms with Crippen LogP contribution in [0.4, 0.5) is 0 Å². The lowest BCUT2D eigenvalue weighted by atomic mass is 10.0. The van der Waals surface area contributed by atoms with Gasteiger partial charge in [-0.15, -0.1) is 6.42 Å². The molecule has 16 N–H and O–H groups in total. The van der Waals surface area contributed by atoms with Gasteiger partial charge >= 0.3 is 5.97 Å². The van der Waals surface area contributed by atoms with E-state index in [2.05, 4.69) is 52.8 Å². The molecule has 10 atom stereocenters. The molecule has 81 heavy (non-hydrogen) atoms. The highest BCUT2D eigenvalue weighted by Crippen LogP contribution is 2.25. The fourth-order valence-corrected chi connectivity index (χ4v) is 10.7. The van der Waals surface area contributed by atoms with Crippen LogP contribution in [0.2, 0.25) is 0 Å². The predicted octanol–water partition coefficient (Wildman–Crippen LogP) is -2.10. The van der Waals surface area contributed by atoms with E-state index in [1.165, 1.54) is 31.2 Å². The second kappa shape index (κ2) is 31.6. The SMILES string of the molecule is C#CC(=O)NCC(=O)N[C@H](Cc1ccccc1)C(=O)N[C@H]1CSSC[C@@H](C(=O)N[C@H](C(=O)O)[C@@H](C)O)NC(=O)[C@H]([C@@H](C)O)NC(=O)[C@H](CCCCN)NC(=O)[C@@H](Cc2c[nH]c3ccccc23)NC(=O)[C@H](Cc2ccc(O)cc2)NC1=O. The molecule has 434 valence electrons. The number of H-pyrrole nitrogens is 1. The number of para-hydroxylation sites is 1. The number of nitrogens with one attached hydrogen (secondary N) is 10. The number of hydrogen-bond donors (Lipinski definition) is 15. The number of nitrogens with two attached hydrogens (primary N) is 1. The number of aromatic amines is 1. The third-order valence-electron chi connectivity index (χ3n) is 12.7. The summed E-state index contributed by atoms with van der Waals surface area (Å²) in [4.78, 5) is 142. The van der Waals surface area contributed by atoms with E-state index in [0.717, 1.165) is 28.5 Å². The van der Waals surface area contributed by atoms with Crippen LogP contribution in [0.1, 0.15) is 49.8 Å².